The van der Waals surface area contributed by atoms with Gasteiger partial charge < -0.3 is 14.5 Å². The monoisotopic (exact) mass is 507 g/mol. The van der Waals surface area contributed by atoms with Gasteiger partial charge in [-0.2, -0.15) is 0 Å². The van der Waals surface area contributed by atoms with Gasteiger partial charge in [0.05, 0.1) is 17.7 Å². The van der Waals surface area contributed by atoms with Crippen LogP contribution in [0.2, 0.25) is 0 Å². The number of para-hydroxylation sites is 2. The second-order valence-corrected chi connectivity index (χ2v) is 10.6. The highest BCUT2D eigenvalue weighted by Crippen LogP contribution is 2.28. The Hall–Kier alpha value is -3.52. The van der Waals surface area contributed by atoms with E-state index in [1.54, 1.807) is 36.3 Å². The number of methoxy groups -OCH3 is 1. The predicted molar refractivity (Wildman–Crippen MR) is 143 cm³/mol. The molecule has 36 heavy (non-hydrogen) atoms. The number of sulfonamides is 1. The molecule has 8 heteroatoms. The molecule has 1 amide bonds. The lowest BCUT2D eigenvalue weighted by molar-refractivity contribution is 0.0746. The van der Waals surface area contributed by atoms with Crippen LogP contribution in [-0.2, 0) is 16.4 Å². The molecule has 1 aliphatic heterocycles. The topological polar surface area (TPSA) is 79.0 Å². The first-order chi connectivity index (χ1) is 17.4. The number of carbonyl (C=O) groups is 1. The summed E-state index contributed by atoms with van der Waals surface area (Å²) in [7, 11) is -2.18. The number of ether oxygens (including phenoxy) is 1. The number of benzene rings is 3. The van der Waals surface area contributed by atoms with Crippen LogP contribution in [0.15, 0.2) is 77.7 Å². The standard InChI is InChI=1S/C28H33N3O4S/c1-3-4-8-22-13-15-24(16-14-22)29-36(33,34)25-10-7-9-23(21-25)28(32)31-19-17-30(18-20-31)26-11-5-6-12-27(26)35-2/h5-7,9-16,21,29H,3-4,8,17-20H2,1-2H3. The maximum Gasteiger partial charge on any atom is 0.261 e. The molecule has 1 saturated heterocycles. The summed E-state index contributed by atoms with van der Waals surface area (Å²) in [5.41, 5.74) is 3.04. The number of piperazine rings is 1. The largest absolute Gasteiger partial charge is 0.495 e. The summed E-state index contributed by atoms with van der Waals surface area (Å²) in [6, 6.07) is 21.5. The summed E-state index contributed by atoms with van der Waals surface area (Å²) in [6.45, 7) is 4.55. The number of nitrogens with one attached hydrogen (secondary N) is 1. The number of nitrogens with zero attached hydrogens (tertiary/aromatic N) is 2. The van der Waals surface area contributed by atoms with E-state index < -0.39 is 10.0 Å². The van der Waals surface area contributed by atoms with E-state index >= 15 is 0 Å². The molecule has 1 N–H and O–H groups in total. The lowest BCUT2D eigenvalue weighted by Crippen LogP contribution is -2.48. The Labute approximate surface area is 213 Å². The maximum atomic E-state index is 13.2. The van der Waals surface area contributed by atoms with E-state index in [9.17, 15) is 13.2 Å². The van der Waals surface area contributed by atoms with Crippen LogP contribution in [0.25, 0.3) is 0 Å². The molecule has 3 aromatic rings. The van der Waals surface area contributed by atoms with Crippen LogP contribution < -0.4 is 14.4 Å². The van der Waals surface area contributed by atoms with E-state index in [-0.39, 0.29) is 10.8 Å². The van der Waals surface area contributed by atoms with Gasteiger partial charge in [-0.1, -0.05) is 43.7 Å². The molecule has 3 aromatic carbocycles. The molecule has 190 valence electrons. The Morgan fingerprint density at radius 1 is 0.944 bits per heavy atom. The molecule has 1 heterocycles. The Kier molecular flexibility index (Phi) is 8.15. The highest BCUT2D eigenvalue weighted by molar-refractivity contribution is 7.92. The summed E-state index contributed by atoms with van der Waals surface area (Å²) >= 11 is 0. The average Bonchev–Trinajstić information content (AvgIpc) is 2.92. The lowest BCUT2D eigenvalue weighted by Gasteiger charge is -2.36. The first-order valence-corrected chi connectivity index (χ1v) is 13.8. The second-order valence-electron chi connectivity index (χ2n) is 8.88. The Morgan fingerprint density at radius 3 is 2.36 bits per heavy atom. The predicted octanol–water partition coefficient (Wildman–Crippen LogP) is 4.80. The highest BCUT2D eigenvalue weighted by atomic mass is 32.2. The summed E-state index contributed by atoms with van der Waals surface area (Å²) in [5.74, 6) is 0.630. The minimum atomic E-state index is -3.83. The first-order valence-electron chi connectivity index (χ1n) is 12.3. The van der Waals surface area contributed by atoms with Gasteiger partial charge in [-0.25, -0.2) is 8.42 Å². The van der Waals surface area contributed by atoms with Crippen LogP contribution in [0, 0.1) is 0 Å². The normalized spacial score (nSPS) is 13.9. The molecule has 0 saturated carbocycles. The molecular weight excluding hydrogens is 474 g/mol. The molecule has 0 aliphatic carbocycles. The van der Waals surface area contributed by atoms with Crippen molar-refractivity contribution in [3.63, 3.8) is 0 Å². The second kappa shape index (κ2) is 11.5. The van der Waals surface area contributed by atoms with E-state index in [4.69, 9.17) is 4.74 Å². The van der Waals surface area contributed by atoms with Crippen molar-refractivity contribution < 1.29 is 17.9 Å². The van der Waals surface area contributed by atoms with Gasteiger partial charge in [-0.15, -0.1) is 0 Å². The average molecular weight is 508 g/mol. The quantitative estimate of drug-likeness (QED) is 0.450. The van der Waals surface area contributed by atoms with Gasteiger partial charge >= 0.3 is 0 Å². The molecule has 4 rings (SSSR count). The van der Waals surface area contributed by atoms with Gasteiger partial charge in [0.1, 0.15) is 5.75 Å². The van der Waals surface area contributed by atoms with Crippen LogP contribution in [0.1, 0.15) is 35.7 Å². The summed E-state index contributed by atoms with van der Waals surface area (Å²) < 4.78 is 34.1. The number of aryl methyl sites for hydroxylation is 1. The van der Waals surface area contributed by atoms with Gasteiger partial charge in [0, 0.05) is 37.4 Å². The molecule has 0 spiro atoms. The molecule has 0 aromatic heterocycles. The van der Waals surface area contributed by atoms with Crippen molar-refractivity contribution in [3.05, 3.63) is 83.9 Å². The summed E-state index contributed by atoms with van der Waals surface area (Å²) in [5, 5.41) is 0. The molecular formula is C28H33N3O4S. The minimum absolute atomic E-state index is 0.0658. The third-order valence-electron chi connectivity index (χ3n) is 6.41. The van der Waals surface area contributed by atoms with Crippen molar-refractivity contribution in [1.82, 2.24) is 4.90 Å². The van der Waals surface area contributed by atoms with Gasteiger partial charge in [0.25, 0.3) is 15.9 Å². The van der Waals surface area contributed by atoms with Crippen molar-refractivity contribution >= 4 is 27.3 Å². The number of carbonyl (C=O) groups excluding carboxylic acids is 1. The van der Waals surface area contributed by atoms with Gasteiger partial charge in [0.2, 0.25) is 0 Å². The van der Waals surface area contributed by atoms with Crippen molar-refractivity contribution in [2.24, 2.45) is 0 Å². The zero-order chi connectivity index (χ0) is 25.5. The minimum Gasteiger partial charge on any atom is -0.495 e. The molecule has 1 aliphatic rings. The molecule has 0 radical (unpaired) electrons. The van der Waals surface area contributed by atoms with E-state index in [1.807, 2.05) is 36.4 Å². The van der Waals surface area contributed by atoms with Crippen molar-refractivity contribution in [2.45, 2.75) is 31.1 Å². The lowest BCUT2D eigenvalue weighted by atomic mass is 10.1. The molecule has 0 bridgehead atoms. The fourth-order valence-corrected chi connectivity index (χ4v) is 5.46. The molecule has 0 unspecified atom stereocenters. The van der Waals surface area contributed by atoms with Crippen molar-refractivity contribution in [3.8, 4) is 5.75 Å². The Morgan fingerprint density at radius 2 is 1.67 bits per heavy atom. The van der Waals surface area contributed by atoms with E-state index in [0.29, 0.717) is 37.4 Å². The third kappa shape index (κ3) is 5.99. The molecule has 0 atom stereocenters. The van der Waals surface area contributed by atoms with E-state index in [1.165, 1.54) is 17.7 Å². The zero-order valence-corrected chi connectivity index (χ0v) is 21.6. The molecule has 7 nitrogen and oxygen atoms in total. The first kappa shape index (κ1) is 25.6. The van der Waals surface area contributed by atoms with E-state index in [0.717, 1.165) is 30.7 Å². The van der Waals surface area contributed by atoms with Crippen LogP contribution in [0.5, 0.6) is 5.75 Å². The highest BCUT2D eigenvalue weighted by Gasteiger charge is 2.25. The third-order valence-corrected chi connectivity index (χ3v) is 7.79. The number of hydrogen-bond donors (Lipinski definition) is 1. The van der Waals surface area contributed by atoms with Gasteiger partial charge in [-0.3, -0.25) is 9.52 Å². The van der Waals surface area contributed by atoms with Crippen molar-refractivity contribution in [1.29, 1.82) is 0 Å². The Balaban J connectivity index is 1.41. The van der Waals surface area contributed by atoms with Gasteiger partial charge in [0.15, 0.2) is 0 Å². The zero-order valence-electron chi connectivity index (χ0n) is 20.8. The molecule has 1 fully saturated rings. The summed E-state index contributed by atoms with van der Waals surface area (Å²) in [6.07, 6.45) is 3.18. The van der Waals surface area contributed by atoms with Crippen LogP contribution in [-0.4, -0.2) is 52.5 Å². The SMILES string of the molecule is CCCCc1ccc(NS(=O)(=O)c2cccc(C(=O)N3CCN(c4ccccc4OC)CC3)c2)cc1. The number of hydrogen-bond acceptors (Lipinski definition) is 5. The maximum absolute atomic E-state index is 13.2. The number of rotatable bonds is 9. The number of anilines is 2. The summed E-state index contributed by atoms with van der Waals surface area (Å²) in [4.78, 5) is 17.2. The number of unbranched alkanes of at least 4 members (excludes halogenated alkanes) is 1. The van der Waals surface area contributed by atoms with Crippen LogP contribution in [0.4, 0.5) is 11.4 Å². The van der Waals surface area contributed by atoms with Gasteiger partial charge in [-0.05, 0) is 60.9 Å². The van der Waals surface area contributed by atoms with Crippen LogP contribution in [0.3, 0.4) is 0 Å². The van der Waals surface area contributed by atoms with Crippen molar-refractivity contribution in [2.75, 3.05) is 42.9 Å². The smallest absolute Gasteiger partial charge is 0.261 e. The Bertz CT molecular complexity index is 1280. The fraction of sp³-hybridized carbons (Fsp3) is 0.321. The number of amides is 1. The fourth-order valence-electron chi connectivity index (χ4n) is 4.35. The van der Waals surface area contributed by atoms with E-state index in [2.05, 4.69) is 16.5 Å². The van der Waals surface area contributed by atoms with Crippen LogP contribution >= 0.6 is 0 Å².